The molecule has 1 aromatic heterocycles. The van der Waals surface area contributed by atoms with E-state index in [1.54, 1.807) is 13.8 Å². The van der Waals surface area contributed by atoms with E-state index in [2.05, 4.69) is 10.3 Å². The summed E-state index contributed by atoms with van der Waals surface area (Å²) >= 11 is 0. The van der Waals surface area contributed by atoms with Crippen LogP contribution in [0.3, 0.4) is 0 Å². The molecule has 1 aromatic rings. The first-order valence-corrected chi connectivity index (χ1v) is 8.02. The molecule has 1 saturated heterocycles. The lowest BCUT2D eigenvalue weighted by atomic mass is 9.76. The first-order valence-electron chi connectivity index (χ1n) is 8.02. The van der Waals surface area contributed by atoms with Gasteiger partial charge in [-0.25, -0.2) is 4.79 Å². The number of carbonyl (C=O) groups excluding carboxylic acids is 2. The highest BCUT2D eigenvalue weighted by Crippen LogP contribution is 2.34. The maximum Gasteiger partial charge on any atom is 0.407 e. The van der Waals surface area contributed by atoms with E-state index in [0.29, 0.717) is 6.29 Å². The van der Waals surface area contributed by atoms with Gasteiger partial charge < -0.3 is 19.9 Å². The van der Waals surface area contributed by atoms with Crippen LogP contribution in [0.25, 0.3) is 0 Å². The molecule has 2 N–H and O–H groups in total. The fourth-order valence-electron chi connectivity index (χ4n) is 3.36. The fourth-order valence-corrected chi connectivity index (χ4v) is 3.36. The number of aromatic nitrogens is 2. The molecule has 0 spiro atoms. The Morgan fingerprint density at radius 2 is 2.00 bits per heavy atom. The summed E-state index contributed by atoms with van der Waals surface area (Å²) in [6.07, 6.45) is -0.667. The predicted molar refractivity (Wildman–Crippen MR) is 87.2 cm³/mol. The van der Waals surface area contributed by atoms with Gasteiger partial charge in [-0.2, -0.15) is 9.37 Å². The molecule has 1 aliphatic rings. The van der Waals surface area contributed by atoms with Crippen molar-refractivity contribution in [3.05, 3.63) is 17.5 Å². The zero-order valence-corrected chi connectivity index (χ0v) is 14.9. The van der Waals surface area contributed by atoms with Crippen LogP contribution in [0.1, 0.15) is 61.8 Å². The topological polar surface area (TPSA) is 105 Å². The highest BCUT2D eigenvalue weighted by Gasteiger charge is 2.49. The van der Waals surface area contributed by atoms with Crippen molar-refractivity contribution in [2.45, 2.75) is 52.7 Å². The molecule has 1 aliphatic heterocycles. The first-order chi connectivity index (χ1) is 11.5. The average Bonchev–Trinajstić information content (AvgIpc) is 2.77. The highest BCUT2D eigenvalue weighted by atomic mass is 19.1. The summed E-state index contributed by atoms with van der Waals surface area (Å²) in [6, 6.07) is -1.22. The standard InChI is InChI=1S/C16H23FN4O4/c1-8(2)21-10(7-22)19-13(17)11(21)14(23)18-9-6-20(15(24)25)12(9)16(3,4)5/h7-9,12H,6H2,1-5H3,(H,18,23)(H,24,25). The Hall–Kier alpha value is -2.45. The molecule has 0 aromatic carbocycles. The van der Waals surface area contributed by atoms with Gasteiger partial charge in [-0.05, 0) is 19.3 Å². The van der Waals surface area contributed by atoms with Gasteiger partial charge in [0.25, 0.3) is 5.91 Å². The van der Waals surface area contributed by atoms with Gasteiger partial charge in [0.15, 0.2) is 17.8 Å². The van der Waals surface area contributed by atoms with Gasteiger partial charge in [-0.1, -0.05) is 20.8 Å². The SMILES string of the molecule is CC(C)n1c(C=O)nc(F)c1C(=O)NC1CN(C(=O)O)C1C(C)(C)C. The summed E-state index contributed by atoms with van der Waals surface area (Å²) in [5.41, 5.74) is -0.724. The highest BCUT2D eigenvalue weighted by molar-refractivity contribution is 5.94. The monoisotopic (exact) mass is 354 g/mol. The second-order valence-electron chi connectivity index (χ2n) is 7.52. The lowest BCUT2D eigenvalue weighted by Gasteiger charge is -2.52. The Balaban J connectivity index is 2.28. The van der Waals surface area contributed by atoms with Gasteiger partial charge in [-0.15, -0.1) is 0 Å². The molecule has 8 nitrogen and oxygen atoms in total. The van der Waals surface area contributed by atoms with Crippen molar-refractivity contribution >= 4 is 18.3 Å². The maximum absolute atomic E-state index is 14.1. The summed E-state index contributed by atoms with van der Waals surface area (Å²) in [7, 11) is 0. The van der Waals surface area contributed by atoms with E-state index < -0.39 is 35.4 Å². The number of rotatable bonds is 4. The molecule has 2 atom stereocenters. The largest absolute Gasteiger partial charge is 0.465 e. The normalized spacial score (nSPS) is 20.4. The summed E-state index contributed by atoms with van der Waals surface area (Å²) in [6.45, 7) is 9.15. The molecule has 2 heterocycles. The summed E-state index contributed by atoms with van der Waals surface area (Å²) in [5, 5.41) is 11.9. The van der Waals surface area contributed by atoms with Gasteiger partial charge in [0, 0.05) is 12.6 Å². The number of imidazole rings is 1. The van der Waals surface area contributed by atoms with E-state index in [1.807, 2.05) is 20.8 Å². The number of halogens is 1. The molecule has 25 heavy (non-hydrogen) atoms. The molecule has 2 unspecified atom stereocenters. The molecule has 0 aliphatic carbocycles. The van der Waals surface area contributed by atoms with Gasteiger partial charge in [0.05, 0.1) is 12.1 Å². The summed E-state index contributed by atoms with van der Waals surface area (Å²) in [4.78, 5) is 39.7. The number of hydrogen-bond donors (Lipinski definition) is 2. The van der Waals surface area contributed by atoms with E-state index in [1.165, 1.54) is 9.47 Å². The Bertz CT molecular complexity index is 708. The van der Waals surface area contributed by atoms with Crippen LogP contribution in [-0.4, -0.2) is 56.5 Å². The lowest BCUT2D eigenvalue weighted by Crippen LogP contribution is -2.71. The third-order valence-corrected chi connectivity index (χ3v) is 4.29. The Morgan fingerprint density at radius 1 is 1.40 bits per heavy atom. The van der Waals surface area contributed by atoms with Crippen molar-refractivity contribution in [3.63, 3.8) is 0 Å². The van der Waals surface area contributed by atoms with Crippen LogP contribution < -0.4 is 5.32 Å². The molecule has 138 valence electrons. The van der Waals surface area contributed by atoms with Gasteiger partial charge >= 0.3 is 6.09 Å². The van der Waals surface area contributed by atoms with Crippen molar-refractivity contribution in [2.75, 3.05) is 6.54 Å². The number of carbonyl (C=O) groups is 3. The number of amides is 2. The van der Waals surface area contributed by atoms with Crippen molar-refractivity contribution in [1.82, 2.24) is 19.8 Å². The fraction of sp³-hybridized carbons (Fsp3) is 0.625. The van der Waals surface area contributed by atoms with E-state index >= 15 is 0 Å². The second kappa shape index (κ2) is 6.45. The molecule has 0 saturated carbocycles. The van der Waals surface area contributed by atoms with Crippen LogP contribution in [-0.2, 0) is 0 Å². The molecular weight excluding hydrogens is 331 g/mol. The quantitative estimate of drug-likeness (QED) is 0.804. The minimum Gasteiger partial charge on any atom is -0.465 e. The Morgan fingerprint density at radius 3 is 2.44 bits per heavy atom. The number of aldehydes is 1. The molecular formula is C16H23FN4O4. The average molecular weight is 354 g/mol. The lowest BCUT2D eigenvalue weighted by molar-refractivity contribution is -0.0108. The van der Waals surface area contributed by atoms with Gasteiger partial charge in [0.2, 0.25) is 5.95 Å². The molecule has 0 radical (unpaired) electrons. The van der Waals surface area contributed by atoms with E-state index in [-0.39, 0.29) is 24.1 Å². The van der Waals surface area contributed by atoms with Crippen molar-refractivity contribution in [1.29, 1.82) is 0 Å². The van der Waals surface area contributed by atoms with Crippen LogP contribution in [0, 0.1) is 11.4 Å². The van der Waals surface area contributed by atoms with Crippen LogP contribution in [0.2, 0.25) is 0 Å². The van der Waals surface area contributed by atoms with Crippen LogP contribution in [0.15, 0.2) is 0 Å². The number of nitrogens with zero attached hydrogens (tertiary/aromatic N) is 3. The molecule has 9 heteroatoms. The summed E-state index contributed by atoms with van der Waals surface area (Å²) < 4.78 is 15.4. The third kappa shape index (κ3) is 3.35. The zero-order chi connectivity index (χ0) is 19.1. The van der Waals surface area contributed by atoms with Crippen molar-refractivity contribution in [3.8, 4) is 0 Å². The number of likely N-dealkylation sites (tertiary alicyclic amines) is 1. The van der Waals surface area contributed by atoms with Gasteiger partial charge in [0.1, 0.15) is 0 Å². The number of hydrogen-bond acceptors (Lipinski definition) is 4. The van der Waals surface area contributed by atoms with Crippen molar-refractivity contribution in [2.24, 2.45) is 5.41 Å². The summed E-state index contributed by atoms with van der Waals surface area (Å²) in [5.74, 6) is -1.89. The Kier molecular flexibility index (Phi) is 4.87. The van der Waals surface area contributed by atoms with Crippen LogP contribution >= 0.6 is 0 Å². The molecule has 2 rings (SSSR count). The minimum absolute atomic E-state index is 0.126. The smallest absolute Gasteiger partial charge is 0.407 e. The maximum atomic E-state index is 14.1. The third-order valence-electron chi connectivity index (χ3n) is 4.29. The molecule has 2 amide bonds. The molecule has 1 fully saturated rings. The second-order valence-corrected chi connectivity index (χ2v) is 7.52. The predicted octanol–water partition coefficient (Wildman–Crippen LogP) is 1.92. The number of nitrogens with one attached hydrogen (secondary N) is 1. The van der Waals surface area contributed by atoms with Crippen molar-refractivity contribution < 1.29 is 23.9 Å². The van der Waals surface area contributed by atoms with Gasteiger partial charge in [-0.3, -0.25) is 9.59 Å². The first kappa shape index (κ1) is 18.9. The van der Waals surface area contributed by atoms with E-state index in [9.17, 15) is 23.9 Å². The Labute approximate surface area is 145 Å². The molecule has 0 bridgehead atoms. The van der Waals surface area contributed by atoms with E-state index in [0.717, 1.165) is 0 Å². The zero-order valence-electron chi connectivity index (χ0n) is 14.9. The minimum atomic E-state index is -1.06. The van der Waals surface area contributed by atoms with E-state index in [4.69, 9.17) is 0 Å². The number of carboxylic acid groups (broad SMARTS) is 1. The van der Waals surface area contributed by atoms with Crippen LogP contribution in [0.5, 0.6) is 0 Å². The van der Waals surface area contributed by atoms with Crippen LogP contribution in [0.4, 0.5) is 9.18 Å².